The molecule has 29 heavy (non-hydrogen) atoms. The minimum absolute atomic E-state index is 0.210. The molecule has 0 aliphatic carbocycles. The van der Waals surface area contributed by atoms with Crippen LogP contribution in [0.3, 0.4) is 0 Å². The summed E-state index contributed by atoms with van der Waals surface area (Å²) in [6.45, 7) is 6.39. The predicted octanol–water partition coefficient (Wildman–Crippen LogP) is 4.72. The molecule has 1 fully saturated rings. The highest BCUT2D eigenvalue weighted by atomic mass is 16.6. The molecule has 0 saturated carbocycles. The molecule has 1 aliphatic rings. The van der Waals surface area contributed by atoms with Gasteiger partial charge < -0.3 is 14.4 Å². The van der Waals surface area contributed by atoms with Crippen molar-refractivity contribution in [2.75, 3.05) is 13.1 Å². The maximum absolute atomic E-state index is 13.2. The van der Waals surface area contributed by atoms with Gasteiger partial charge in [-0.2, -0.15) is 0 Å². The number of allylic oxidation sites excluding steroid dienone is 1. The van der Waals surface area contributed by atoms with Gasteiger partial charge in [-0.3, -0.25) is 4.79 Å². The number of hydrogen-bond acceptors (Lipinski definition) is 4. The van der Waals surface area contributed by atoms with Crippen LogP contribution in [0.15, 0.2) is 73.0 Å². The van der Waals surface area contributed by atoms with Crippen molar-refractivity contribution in [3.8, 4) is 0 Å². The van der Waals surface area contributed by atoms with E-state index in [1.807, 2.05) is 60.7 Å². The lowest BCUT2D eigenvalue weighted by Gasteiger charge is -2.39. The van der Waals surface area contributed by atoms with E-state index in [0.29, 0.717) is 38.1 Å². The Morgan fingerprint density at radius 1 is 0.966 bits per heavy atom. The molecule has 0 spiro atoms. The van der Waals surface area contributed by atoms with Crippen molar-refractivity contribution in [3.05, 3.63) is 84.1 Å². The molecule has 0 N–H and O–H groups in total. The molecule has 2 aromatic rings. The van der Waals surface area contributed by atoms with Gasteiger partial charge in [0.1, 0.15) is 6.61 Å². The maximum Gasteiger partial charge on any atom is 0.414 e. The van der Waals surface area contributed by atoms with Crippen LogP contribution >= 0.6 is 0 Å². The Morgan fingerprint density at radius 2 is 1.52 bits per heavy atom. The van der Waals surface area contributed by atoms with E-state index >= 15 is 0 Å². The van der Waals surface area contributed by atoms with Crippen LogP contribution in [0.1, 0.15) is 30.9 Å². The number of likely N-dealkylation sites (tertiary alicyclic amines) is 1. The van der Waals surface area contributed by atoms with Crippen molar-refractivity contribution in [1.82, 2.24) is 4.90 Å². The van der Waals surface area contributed by atoms with E-state index in [2.05, 4.69) is 6.58 Å². The molecular formula is C24H27NO4. The number of benzene rings is 2. The number of nitrogens with zero attached hydrogens (tertiary/aromatic N) is 1. The summed E-state index contributed by atoms with van der Waals surface area (Å²) in [6.07, 6.45) is 1.23. The van der Waals surface area contributed by atoms with Crippen molar-refractivity contribution in [2.45, 2.75) is 32.8 Å². The van der Waals surface area contributed by atoms with Crippen molar-refractivity contribution < 1.29 is 19.1 Å². The topological polar surface area (TPSA) is 55.8 Å². The van der Waals surface area contributed by atoms with Crippen LogP contribution in [0.2, 0.25) is 0 Å². The average Bonchev–Trinajstić information content (AvgIpc) is 2.73. The first-order valence-corrected chi connectivity index (χ1v) is 9.86. The smallest absolute Gasteiger partial charge is 0.414 e. The van der Waals surface area contributed by atoms with E-state index < -0.39 is 11.5 Å². The van der Waals surface area contributed by atoms with Gasteiger partial charge in [0.05, 0.1) is 11.2 Å². The minimum atomic E-state index is -0.657. The van der Waals surface area contributed by atoms with Gasteiger partial charge in [-0.1, -0.05) is 67.2 Å². The third-order valence-electron chi connectivity index (χ3n) is 5.27. The molecule has 0 bridgehead atoms. The van der Waals surface area contributed by atoms with Gasteiger partial charge in [-0.25, -0.2) is 4.79 Å². The molecular weight excluding hydrogens is 366 g/mol. The second kappa shape index (κ2) is 9.41. The van der Waals surface area contributed by atoms with Gasteiger partial charge in [0.15, 0.2) is 0 Å². The van der Waals surface area contributed by atoms with E-state index in [0.717, 1.165) is 11.1 Å². The molecule has 0 unspecified atom stereocenters. The van der Waals surface area contributed by atoms with Gasteiger partial charge in [-0.15, -0.1) is 0 Å². The summed E-state index contributed by atoms with van der Waals surface area (Å²) in [7, 11) is 0. The Hall–Kier alpha value is -3.08. The first-order valence-electron chi connectivity index (χ1n) is 9.86. The van der Waals surface area contributed by atoms with E-state index in [1.54, 1.807) is 11.8 Å². The second-order valence-electron chi connectivity index (χ2n) is 7.56. The average molecular weight is 393 g/mol. The Morgan fingerprint density at radius 3 is 2.07 bits per heavy atom. The quantitative estimate of drug-likeness (QED) is 0.526. The van der Waals surface area contributed by atoms with Gasteiger partial charge >= 0.3 is 12.1 Å². The third-order valence-corrected chi connectivity index (χ3v) is 5.27. The van der Waals surface area contributed by atoms with Crippen molar-refractivity contribution in [2.24, 2.45) is 5.41 Å². The molecule has 5 heteroatoms. The van der Waals surface area contributed by atoms with Crippen LogP contribution in [0.25, 0.3) is 0 Å². The summed E-state index contributed by atoms with van der Waals surface area (Å²) in [6, 6.07) is 19.6. The first-order chi connectivity index (χ1) is 14.0. The Labute approximate surface area is 171 Å². The first kappa shape index (κ1) is 20.6. The molecule has 1 heterocycles. The van der Waals surface area contributed by atoms with Crippen LogP contribution in [0, 0.1) is 5.41 Å². The normalized spacial score (nSPS) is 15.4. The van der Waals surface area contributed by atoms with E-state index in [9.17, 15) is 9.59 Å². The minimum Gasteiger partial charge on any atom is -0.460 e. The fourth-order valence-electron chi connectivity index (χ4n) is 3.65. The van der Waals surface area contributed by atoms with Crippen molar-refractivity contribution >= 4 is 12.1 Å². The van der Waals surface area contributed by atoms with Crippen molar-refractivity contribution in [1.29, 1.82) is 0 Å². The highest BCUT2D eigenvalue weighted by Gasteiger charge is 2.44. The Kier molecular flexibility index (Phi) is 6.70. The van der Waals surface area contributed by atoms with Crippen LogP contribution in [0.5, 0.6) is 0 Å². The number of ether oxygens (including phenoxy) is 2. The zero-order valence-electron chi connectivity index (χ0n) is 16.8. The lowest BCUT2D eigenvalue weighted by atomic mass is 9.74. The van der Waals surface area contributed by atoms with Gasteiger partial charge in [0.25, 0.3) is 0 Å². The Bertz CT molecular complexity index is 840. The number of piperidine rings is 1. The summed E-state index contributed by atoms with van der Waals surface area (Å²) < 4.78 is 10.8. The lowest BCUT2D eigenvalue weighted by Crippen LogP contribution is -2.48. The Balaban J connectivity index is 1.72. The number of amides is 1. The van der Waals surface area contributed by atoms with E-state index in [1.165, 1.54) is 0 Å². The number of rotatable bonds is 6. The SMILES string of the molecule is C=C(C)OC(=O)N1CCC(Cc2ccccc2)(C(=O)OCc2ccccc2)CC1. The molecule has 1 amide bonds. The summed E-state index contributed by atoms with van der Waals surface area (Å²) >= 11 is 0. The number of carbonyl (C=O) groups is 2. The molecule has 152 valence electrons. The highest BCUT2D eigenvalue weighted by molar-refractivity contribution is 5.78. The van der Waals surface area contributed by atoms with Gasteiger partial charge in [0, 0.05) is 13.1 Å². The summed E-state index contributed by atoms with van der Waals surface area (Å²) in [5.41, 5.74) is 1.39. The van der Waals surface area contributed by atoms with Crippen LogP contribution in [-0.4, -0.2) is 30.1 Å². The summed E-state index contributed by atoms with van der Waals surface area (Å²) in [4.78, 5) is 27.0. The van der Waals surface area contributed by atoms with Crippen LogP contribution < -0.4 is 0 Å². The molecule has 0 radical (unpaired) electrons. The lowest BCUT2D eigenvalue weighted by molar-refractivity contribution is -0.160. The summed E-state index contributed by atoms with van der Waals surface area (Å²) in [5, 5.41) is 0. The monoisotopic (exact) mass is 393 g/mol. The van der Waals surface area contributed by atoms with Gasteiger partial charge in [0.2, 0.25) is 0 Å². The predicted molar refractivity (Wildman–Crippen MR) is 111 cm³/mol. The molecule has 2 aromatic carbocycles. The third kappa shape index (κ3) is 5.47. The van der Waals surface area contributed by atoms with Crippen molar-refractivity contribution in [3.63, 3.8) is 0 Å². The van der Waals surface area contributed by atoms with Gasteiger partial charge in [-0.05, 0) is 37.3 Å². The van der Waals surface area contributed by atoms with E-state index in [-0.39, 0.29) is 12.6 Å². The maximum atomic E-state index is 13.2. The number of hydrogen-bond donors (Lipinski definition) is 0. The van der Waals surface area contributed by atoms with Crippen LogP contribution in [0.4, 0.5) is 4.79 Å². The molecule has 1 saturated heterocycles. The molecule has 3 rings (SSSR count). The molecule has 0 atom stereocenters. The van der Waals surface area contributed by atoms with Crippen LogP contribution in [-0.2, 0) is 27.3 Å². The molecule has 5 nitrogen and oxygen atoms in total. The summed E-state index contributed by atoms with van der Waals surface area (Å²) in [5.74, 6) is 0.150. The number of esters is 1. The zero-order valence-corrected chi connectivity index (χ0v) is 16.8. The largest absolute Gasteiger partial charge is 0.460 e. The number of carbonyl (C=O) groups excluding carboxylic acids is 2. The molecule has 0 aromatic heterocycles. The second-order valence-corrected chi connectivity index (χ2v) is 7.56. The zero-order chi connectivity index (χ0) is 20.7. The fraction of sp³-hybridized carbons (Fsp3) is 0.333. The fourth-order valence-corrected chi connectivity index (χ4v) is 3.65. The molecule has 1 aliphatic heterocycles. The van der Waals surface area contributed by atoms with E-state index in [4.69, 9.17) is 9.47 Å². The standard InChI is InChI=1S/C24H27NO4/c1-19(2)29-23(27)25-15-13-24(14-16-25,17-20-9-5-3-6-10-20)22(26)28-18-21-11-7-4-8-12-21/h3-12H,1,13-18H2,2H3. The highest BCUT2D eigenvalue weighted by Crippen LogP contribution is 2.37.